The number of aromatic nitrogens is 1. The van der Waals surface area contributed by atoms with Crippen molar-refractivity contribution in [3.63, 3.8) is 0 Å². The van der Waals surface area contributed by atoms with E-state index in [-0.39, 0.29) is 12.1 Å². The molecule has 0 saturated carbocycles. The van der Waals surface area contributed by atoms with E-state index in [1.165, 1.54) is 18.3 Å². The Balaban J connectivity index is 2.74. The molecule has 1 rings (SSSR count). The number of carboxylic acid groups (broad SMARTS) is 1. The first kappa shape index (κ1) is 13.0. The van der Waals surface area contributed by atoms with Gasteiger partial charge in [0.15, 0.2) is 0 Å². The topological polar surface area (TPSA) is 79.3 Å². The maximum atomic E-state index is 11.6. The number of carbonyl (C=O) groups excluding carboxylic acids is 1. The Labute approximate surface area is 103 Å². The van der Waals surface area contributed by atoms with E-state index in [1.54, 1.807) is 0 Å². The van der Waals surface area contributed by atoms with Crippen molar-refractivity contribution in [3.05, 3.63) is 29.0 Å². The predicted octanol–water partition coefficient (Wildman–Crippen LogP) is 0.941. The van der Waals surface area contributed by atoms with E-state index >= 15 is 0 Å². The molecule has 0 spiro atoms. The highest BCUT2D eigenvalue weighted by Crippen LogP contribution is 2.06. The van der Waals surface area contributed by atoms with Gasteiger partial charge in [0.2, 0.25) is 0 Å². The van der Waals surface area contributed by atoms with Gasteiger partial charge in [-0.25, -0.2) is 9.78 Å². The van der Waals surface area contributed by atoms with Crippen LogP contribution >= 0.6 is 11.6 Å². The summed E-state index contributed by atoms with van der Waals surface area (Å²) in [6.07, 6.45) is 6.21. The molecule has 1 atom stereocenters. The maximum absolute atomic E-state index is 11.6. The minimum Gasteiger partial charge on any atom is -0.480 e. The second kappa shape index (κ2) is 5.87. The Hall–Kier alpha value is -2.06. The van der Waals surface area contributed by atoms with Crippen LogP contribution in [0.4, 0.5) is 0 Å². The van der Waals surface area contributed by atoms with Gasteiger partial charge in [-0.05, 0) is 12.1 Å². The number of hydrogen-bond donors (Lipinski definition) is 2. The number of carboxylic acids is 1. The summed E-state index contributed by atoms with van der Waals surface area (Å²) in [5, 5.41) is 11.4. The number of amides is 1. The second-order valence-corrected chi connectivity index (χ2v) is 3.57. The lowest BCUT2D eigenvalue weighted by molar-refractivity contribution is -0.139. The second-order valence-electron chi connectivity index (χ2n) is 3.13. The van der Waals surface area contributed by atoms with Crippen molar-refractivity contribution in [2.45, 2.75) is 12.5 Å². The summed E-state index contributed by atoms with van der Waals surface area (Å²) in [6.45, 7) is 0. The van der Waals surface area contributed by atoms with Crippen LogP contribution in [0, 0.1) is 12.3 Å². The first-order valence-electron chi connectivity index (χ1n) is 4.63. The number of aliphatic carboxylic acids is 1. The quantitative estimate of drug-likeness (QED) is 0.782. The lowest BCUT2D eigenvalue weighted by Crippen LogP contribution is -2.40. The molecule has 0 aromatic carbocycles. The fourth-order valence-electron chi connectivity index (χ4n) is 1.06. The van der Waals surface area contributed by atoms with E-state index in [9.17, 15) is 9.59 Å². The molecule has 5 nitrogen and oxygen atoms in total. The molecule has 88 valence electrons. The number of pyridine rings is 1. The lowest BCUT2D eigenvalue weighted by Gasteiger charge is -2.11. The number of nitrogens with zero attached hydrogens (tertiary/aromatic N) is 1. The molecule has 17 heavy (non-hydrogen) atoms. The van der Waals surface area contributed by atoms with Crippen LogP contribution in [0.15, 0.2) is 18.3 Å². The van der Waals surface area contributed by atoms with E-state index in [2.05, 4.69) is 16.2 Å². The van der Waals surface area contributed by atoms with Crippen LogP contribution in [0.25, 0.3) is 0 Å². The fourth-order valence-corrected chi connectivity index (χ4v) is 1.17. The van der Waals surface area contributed by atoms with E-state index in [4.69, 9.17) is 23.1 Å². The first-order chi connectivity index (χ1) is 8.04. The summed E-state index contributed by atoms with van der Waals surface area (Å²) in [5.41, 5.74) is 0.0812. The molecule has 6 heteroatoms. The van der Waals surface area contributed by atoms with Gasteiger partial charge < -0.3 is 10.4 Å². The zero-order chi connectivity index (χ0) is 12.8. The van der Waals surface area contributed by atoms with E-state index in [0.717, 1.165) is 0 Å². The molecule has 1 aromatic heterocycles. The van der Waals surface area contributed by atoms with Crippen LogP contribution in [0.1, 0.15) is 16.9 Å². The number of terminal acetylenes is 1. The van der Waals surface area contributed by atoms with Crippen molar-refractivity contribution in [2.75, 3.05) is 0 Å². The van der Waals surface area contributed by atoms with E-state index in [0.29, 0.717) is 5.02 Å². The summed E-state index contributed by atoms with van der Waals surface area (Å²) in [6, 6.07) is 1.76. The largest absolute Gasteiger partial charge is 0.480 e. The van der Waals surface area contributed by atoms with Gasteiger partial charge in [-0.2, -0.15) is 0 Å². The van der Waals surface area contributed by atoms with Crippen LogP contribution in [0.5, 0.6) is 0 Å². The third-order valence-electron chi connectivity index (χ3n) is 1.89. The lowest BCUT2D eigenvalue weighted by atomic mass is 10.2. The smallest absolute Gasteiger partial charge is 0.327 e. The fraction of sp³-hybridized carbons (Fsp3) is 0.182. The average Bonchev–Trinajstić information content (AvgIpc) is 2.29. The zero-order valence-electron chi connectivity index (χ0n) is 8.68. The monoisotopic (exact) mass is 252 g/mol. The highest BCUT2D eigenvalue weighted by atomic mass is 35.5. The molecule has 1 unspecified atom stereocenters. The Bertz CT molecular complexity index is 465. The Morgan fingerprint density at radius 2 is 2.29 bits per heavy atom. The van der Waals surface area contributed by atoms with Gasteiger partial charge in [0.1, 0.15) is 11.7 Å². The number of carbonyl (C=O) groups is 2. The van der Waals surface area contributed by atoms with Crippen LogP contribution < -0.4 is 5.32 Å². The molecular formula is C11H9ClN2O3. The molecule has 1 amide bonds. The van der Waals surface area contributed by atoms with Crippen molar-refractivity contribution in [1.82, 2.24) is 10.3 Å². The molecule has 0 aliphatic rings. The van der Waals surface area contributed by atoms with Crippen molar-refractivity contribution < 1.29 is 14.7 Å². The van der Waals surface area contributed by atoms with Crippen LogP contribution in [-0.4, -0.2) is 28.0 Å². The predicted molar refractivity (Wildman–Crippen MR) is 61.6 cm³/mol. The van der Waals surface area contributed by atoms with Gasteiger partial charge in [0.05, 0.1) is 5.02 Å². The van der Waals surface area contributed by atoms with Crippen molar-refractivity contribution in [1.29, 1.82) is 0 Å². The van der Waals surface area contributed by atoms with Crippen molar-refractivity contribution in [3.8, 4) is 12.3 Å². The van der Waals surface area contributed by atoms with Gasteiger partial charge in [0.25, 0.3) is 5.91 Å². The molecule has 0 saturated heterocycles. The van der Waals surface area contributed by atoms with E-state index in [1.807, 2.05) is 0 Å². The van der Waals surface area contributed by atoms with Gasteiger partial charge in [-0.3, -0.25) is 4.79 Å². The number of hydrogen-bond acceptors (Lipinski definition) is 3. The molecule has 0 aliphatic carbocycles. The summed E-state index contributed by atoms with van der Waals surface area (Å²) in [4.78, 5) is 26.1. The Morgan fingerprint density at radius 1 is 1.59 bits per heavy atom. The molecule has 0 aliphatic heterocycles. The third kappa shape index (κ3) is 3.78. The summed E-state index contributed by atoms with van der Waals surface area (Å²) in [7, 11) is 0. The maximum Gasteiger partial charge on any atom is 0.327 e. The first-order valence-corrected chi connectivity index (χ1v) is 5.01. The zero-order valence-corrected chi connectivity index (χ0v) is 9.44. The standard InChI is InChI=1S/C11H9ClN2O3/c1-2-3-9(11(16)17)14-10(15)8-5-4-7(12)6-13-8/h1,4-6,9H,3H2,(H,14,15)(H,16,17). The van der Waals surface area contributed by atoms with Crippen LogP contribution in [0.3, 0.4) is 0 Å². The summed E-state index contributed by atoms with van der Waals surface area (Å²) < 4.78 is 0. The van der Waals surface area contributed by atoms with Gasteiger partial charge in [-0.1, -0.05) is 11.6 Å². The summed E-state index contributed by atoms with van der Waals surface area (Å²) in [5.74, 6) is 0.381. The molecule has 2 N–H and O–H groups in total. The van der Waals surface area contributed by atoms with E-state index < -0.39 is 17.9 Å². The normalized spacial score (nSPS) is 11.3. The highest BCUT2D eigenvalue weighted by molar-refractivity contribution is 6.30. The van der Waals surface area contributed by atoms with Crippen molar-refractivity contribution >= 4 is 23.5 Å². The molecular weight excluding hydrogens is 244 g/mol. The molecule has 0 bridgehead atoms. The third-order valence-corrected chi connectivity index (χ3v) is 2.11. The van der Waals surface area contributed by atoms with Gasteiger partial charge in [-0.15, -0.1) is 12.3 Å². The highest BCUT2D eigenvalue weighted by Gasteiger charge is 2.19. The number of halogens is 1. The Morgan fingerprint density at radius 3 is 2.76 bits per heavy atom. The minimum absolute atomic E-state index is 0.0812. The molecule has 1 heterocycles. The number of nitrogens with one attached hydrogen (secondary N) is 1. The molecule has 0 fully saturated rings. The number of rotatable bonds is 4. The molecule has 0 radical (unpaired) electrons. The van der Waals surface area contributed by atoms with Crippen LogP contribution in [0.2, 0.25) is 5.02 Å². The van der Waals surface area contributed by atoms with Gasteiger partial charge >= 0.3 is 5.97 Å². The van der Waals surface area contributed by atoms with Crippen molar-refractivity contribution in [2.24, 2.45) is 0 Å². The van der Waals surface area contributed by atoms with Gasteiger partial charge in [0, 0.05) is 12.6 Å². The average molecular weight is 253 g/mol. The Kier molecular flexibility index (Phi) is 4.49. The minimum atomic E-state index is -1.19. The summed E-state index contributed by atoms with van der Waals surface area (Å²) >= 11 is 5.61. The molecule has 1 aromatic rings. The SMILES string of the molecule is C#CCC(NC(=O)c1ccc(Cl)cn1)C(=O)O. The van der Waals surface area contributed by atoms with Crippen LogP contribution in [-0.2, 0) is 4.79 Å².